The Labute approximate surface area is 195 Å². The number of fused-ring (bicyclic) bond motifs is 1. The summed E-state index contributed by atoms with van der Waals surface area (Å²) in [5.41, 5.74) is 0.748. The molecule has 2 aromatic carbocycles. The number of carbonyl (C=O) groups is 2. The maximum absolute atomic E-state index is 13.7. The molecule has 0 saturated carbocycles. The topological polar surface area (TPSA) is 81.1 Å². The molecule has 2 atom stereocenters. The van der Waals surface area contributed by atoms with Crippen molar-refractivity contribution in [1.29, 1.82) is 0 Å². The van der Waals surface area contributed by atoms with Crippen molar-refractivity contribution in [2.45, 2.75) is 51.0 Å². The Balaban J connectivity index is 1.81. The summed E-state index contributed by atoms with van der Waals surface area (Å²) in [7, 11) is 0. The van der Waals surface area contributed by atoms with Gasteiger partial charge in [0.2, 0.25) is 5.91 Å². The smallest absolute Gasteiger partial charge is 0.268 e. The van der Waals surface area contributed by atoms with Crippen LogP contribution in [0.2, 0.25) is 0 Å². The van der Waals surface area contributed by atoms with Crippen LogP contribution < -0.4 is 9.80 Å². The molecular formula is C27H32N2O4. The second-order valence-electron chi connectivity index (χ2n) is 8.88. The number of rotatable bonds is 6. The van der Waals surface area contributed by atoms with E-state index in [-0.39, 0.29) is 12.5 Å². The van der Waals surface area contributed by atoms with Crippen LogP contribution >= 0.6 is 0 Å². The number of aliphatic hydroxyl groups excluding tert-OH is 1. The lowest BCUT2D eigenvalue weighted by molar-refractivity contribution is -0.138. The summed E-state index contributed by atoms with van der Waals surface area (Å²) in [6.07, 6.45) is 8.50. The van der Waals surface area contributed by atoms with Crippen LogP contribution in [-0.4, -0.2) is 35.2 Å². The van der Waals surface area contributed by atoms with Gasteiger partial charge in [-0.05, 0) is 49.6 Å². The molecule has 2 aliphatic rings. The third kappa shape index (κ3) is 4.33. The van der Waals surface area contributed by atoms with Crippen molar-refractivity contribution in [3.63, 3.8) is 0 Å². The molecule has 2 aliphatic heterocycles. The lowest BCUT2D eigenvalue weighted by Gasteiger charge is -2.29. The number of anilines is 3. The standard InChI is InChI=1S/C27H32N2O4/c1-20(11-8-10-18-30)27(33)23-19-22(28-17-9-3-2-7-14-25(28)31)15-16-24(23)29(26(27)32)21-12-5-4-6-13-21/h4-6,8,11-13,15-16,19-20,30,33H,2-3,7,9-10,14,17-18H2,1H3/b11-8+/t20-,27+/m0/s1. The Morgan fingerprint density at radius 3 is 2.55 bits per heavy atom. The van der Waals surface area contributed by atoms with Gasteiger partial charge in [0.05, 0.1) is 5.69 Å². The molecule has 2 amide bonds. The summed E-state index contributed by atoms with van der Waals surface area (Å²) in [4.78, 5) is 29.9. The second-order valence-corrected chi connectivity index (χ2v) is 8.88. The van der Waals surface area contributed by atoms with Crippen LogP contribution in [0.1, 0.15) is 51.0 Å². The zero-order valence-corrected chi connectivity index (χ0v) is 19.1. The average Bonchev–Trinajstić information content (AvgIpc) is 3.04. The van der Waals surface area contributed by atoms with Crippen LogP contribution in [0.4, 0.5) is 17.1 Å². The average molecular weight is 449 g/mol. The molecule has 6 heteroatoms. The summed E-state index contributed by atoms with van der Waals surface area (Å²) < 4.78 is 0. The number of para-hydroxylation sites is 1. The third-order valence-corrected chi connectivity index (χ3v) is 6.69. The highest BCUT2D eigenvalue weighted by Crippen LogP contribution is 2.49. The maximum Gasteiger partial charge on any atom is 0.268 e. The molecule has 0 aromatic heterocycles. The summed E-state index contributed by atoms with van der Waals surface area (Å²) in [5.74, 6) is -0.860. The van der Waals surface area contributed by atoms with E-state index in [4.69, 9.17) is 5.11 Å². The van der Waals surface area contributed by atoms with Gasteiger partial charge in [-0.2, -0.15) is 0 Å². The fourth-order valence-electron chi connectivity index (χ4n) is 4.81. The highest BCUT2D eigenvalue weighted by Gasteiger charge is 2.53. The number of hydrogen-bond acceptors (Lipinski definition) is 4. The lowest BCUT2D eigenvalue weighted by Crippen LogP contribution is -2.43. The fourth-order valence-corrected chi connectivity index (χ4v) is 4.81. The molecule has 0 unspecified atom stereocenters. The van der Waals surface area contributed by atoms with Crippen LogP contribution in [-0.2, 0) is 15.2 Å². The minimum Gasteiger partial charge on any atom is -0.396 e. The molecule has 6 nitrogen and oxygen atoms in total. The van der Waals surface area contributed by atoms with E-state index in [9.17, 15) is 14.7 Å². The van der Waals surface area contributed by atoms with Gasteiger partial charge >= 0.3 is 0 Å². The van der Waals surface area contributed by atoms with Crippen molar-refractivity contribution < 1.29 is 19.8 Å². The summed E-state index contributed by atoms with van der Waals surface area (Å²) in [6.45, 7) is 2.44. The molecule has 0 radical (unpaired) electrons. The van der Waals surface area contributed by atoms with Gasteiger partial charge in [-0.15, -0.1) is 0 Å². The molecule has 0 bridgehead atoms. The first-order valence-corrected chi connectivity index (χ1v) is 11.8. The third-order valence-electron chi connectivity index (χ3n) is 6.69. The molecule has 0 spiro atoms. The van der Waals surface area contributed by atoms with Gasteiger partial charge in [-0.25, -0.2) is 0 Å². The molecular weight excluding hydrogens is 416 g/mol. The van der Waals surface area contributed by atoms with Gasteiger partial charge in [-0.3, -0.25) is 14.5 Å². The number of amides is 2. The molecule has 4 rings (SSSR count). The molecule has 1 fully saturated rings. The Bertz CT molecular complexity index is 1040. The van der Waals surface area contributed by atoms with Crippen molar-refractivity contribution in [1.82, 2.24) is 0 Å². The van der Waals surface area contributed by atoms with Crippen LogP contribution in [0.25, 0.3) is 0 Å². The van der Waals surface area contributed by atoms with E-state index < -0.39 is 17.4 Å². The van der Waals surface area contributed by atoms with Crippen LogP contribution in [0.3, 0.4) is 0 Å². The predicted octanol–water partition coefficient (Wildman–Crippen LogP) is 4.42. The molecule has 2 aromatic rings. The molecule has 2 N–H and O–H groups in total. The first kappa shape index (κ1) is 23.2. The summed E-state index contributed by atoms with van der Waals surface area (Å²) in [5, 5.41) is 21.0. The monoisotopic (exact) mass is 448 g/mol. The van der Waals surface area contributed by atoms with E-state index in [0.29, 0.717) is 42.0 Å². The fraction of sp³-hybridized carbons (Fsp3) is 0.407. The number of hydrogen-bond donors (Lipinski definition) is 2. The van der Waals surface area contributed by atoms with Crippen molar-refractivity contribution in [2.75, 3.05) is 23.0 Å². The quantitative estimate of drug-likeness (QED) is 0.641. The predicted molar refractivity (Wildman–Crippen MR) is 129 cm³/mol. The van der Waals surface area contributed by atoms with Gasteiger partial charge in [-0.1, -0.05) is 50.1 Å². The number of nitrogens with zero attached hydrogens (tertiary/aromatic N) is 2. The van der Waals surface area contributed by atoms with E-state index in [0.717, 1.165) is 25.7 Å². The Hall–Kier alpha value is -2.96. The molecule has 33 heavy (non-hydrogen) atoms. The van der Waals surface area contributed by atoms with Crippen LogP contribution in [0.15, 0.2) is 60.7 Å². The minimum absolute atomic E-state index is 0.00351. The van der Waals surface area contributed by atoms with Crippen molar-refractivity contribution in [3.05, 3.63) is 66.2 Å². The van der Waals surface area contributed by atoms with E-state index in [1.54, 1.807) is 28.9 Å². The minimum atomic E-state index is -1.78. The van der Waals surface area contributed by atoms with E-state index >= 15 is 0 Å². The zero-order valence-electron chi connectivity index (χ0n) is 19.1. The SMILES string of the molecule is C[C@@H](/C=C/CCO)[C@]1(O)C(=O)N(c2ccccc2)c2ccc(N3CCCCCCC3=O)cc21. The normalized spacial score (nSPS) is 22.4. The molecule has 2 heterocycles. The summed E-state index contributed by atoms with van der Waals surface area (Å²) in [6, 6.07) is 14.8. The largest absolute Gasteiger partial charge is 0.396 e. The molecule has 0 aliphatic carbocycles. The highest BCUT2D eigenvalue weighted by molar-refractivity contribution is 6.12. The van der Waals surface area contributed by atoms with Gasteiger partial charge in [0, 0.05) is 42.4 Å². The zero-order chi connectivity index (χ0) is 23.4. The Morgan fingerprint density at radius 2 is 1.79 bits per heavy atom. The van der Waals surface area contributed by atoms with Crippen molar-refractivity contribution in [3.8, 4) is 0 Å². The van der Waals surface area contributed by atoms with E-state index in [1.807, 2.05) is 48.5 Å². The van der Waals surface area contributed by atoms with Crippen LogP contribution in [0, 0.1) is 5.92 Å². The Morgan fingerprint density at radius 1 is 1.03 bits per heavy atom. The van der Waals surface area contributed by atoms with Gasteiger partial charge in [0.1, 0.15) is 0 Å². The van der Waals surface area contributed by atoms with E-state index in [1.165, 1.54) is 0 Å². The maximum atomic E-state index is 13.7. The van der Waals surface area contributed by atoms with E-state index in [2.05, 4.69) is 0 Å². The summed E-state index contributed by atoms with van der Waals surface area (Å²) >= 11 is 0. The van der Waals surface area contributed by atoms with Gasteiger partial charge in [0.25, 0.3) is 5.91 Å². The van der Waals surface area contributed by atoms with Gasteiger partial charge < -0.3 is 15.1 Å². The first-order chi connectivity index (χ1) is 16.0. The number of carbonyl (C=O) groups excluding carboxylic acids is 2. The number of aliphatic hydroxyl groups is 2. The second kappa shape index (κ2) is 9.89. The van der Waals surface area contributed by atoms with Crippen molar-refractivity contribution >= 4 is 28.9 Å². The highest BCUT2D eigenvalue weighted by atomic mass is 16.3. The number of benzene rings is 2. The molecule has 174 valence electrons. The van der Waals surface area contributed by atoms with Crippen molar-refractivity contribution in [2.24, 2.45) is 5.92 Å². The first-order valence-electron chi connectivity index (χ1n) is 11.8. The Kier molecular flexibility index (Phi) is 6.96. The molecule has 1 saturated heterocycles. The van der Waals surface area contributed by atoms with Crippen LogP contribution in [0.5, 0.6) is 0 Å². The van der Waals surface area contributed by atoms with Gasteiger partial charge in [0.15, 0.2) is 5.60 Å². The lowest BCUT2D eigenvalue weighted by atomic mass is 9.82.